The van der Waals surface area contributed by atoms with Crippen molar-refractivity contribution in [2.75, 3.05) is 20.8 Å². The lowest BCUT2D eigenvalue weighted by molar-refractivity contribution is -0.116. The SMILES string of the molecule is COC(C)N(CCc1c(C)[nH]c(C=C2C(=O)NN=C2c2cccnn2)c1C1CC1)C(C)OC. The van der Waals surface area contributed by atoms with E-state index in [1.165, 1.54) is 11.1 Å². The third kappa shape index (κ3) is 4.90. The molecule has 2 aromatic heterocycles. The fourth-order valence-corrected chi connectivity index (χ4v) is 4.39. The number of hydrogen-bond acceptors (Lipinski definition) is 7. The molecule has 0 spiro atoms. The number of nitrogens with one attached hydrogen (secondary N) is 2. The summed E-state index contributed by atoms with van der Waals surface area (Å²) in [4.78, 5) is 18.3. The maximum Gasteiger partial charge on any atom is 0.273 e. The molecular weight excluding hydrogens is 420 g/mol. The molecule has 9 nitrogen and oxygen atoms in total. The predicted octanol–water partition coefficient (Wildman–Crippen LogP) is 2.74. The van der Waals surface area contributed by atoms with Crippen molar-refractivity contribution in [1.29, 1.82) is 0 Å². The molecule has 2 aromatic rings. The van der Waals surface area contributed by atoms with Gasteiger partial charge in [0.2, 0.25) is 0 Å². The Hall–Kier alpha value is -2.88. The molecule has 0 saturated heterocycles. The Bertz CT molecular complexity index is 1050. The summed E-state index contributed by atoms with van der Waals surface area (Å²) in [5.41, 5.74) is 8.83. The molecule has 2 N–H and O–H groups in total. The number of carbonyl (C=O) groups excluding carboxylic acids is 1. The molecule has 9 heteroatoms. The van der Waals surface area contributed by atoms with Gasteiger partial charge in [-0.2, -0.15) is 10.2 Å². The minimum atomic E-state index is -0.236. The second-order valence-corrected chi connectivity index (χ2v) is 8.56. The van der Waals surface area contributed by atoms with Crippen LogP contribution in [0.4, 0.5) is 0 Å². The van der Waals surface area contributed by atoms with Gasteiger partial charge in [-0.3, -0.25) is 9.69 Å². The van der Waals surface area contributed by atoms with E-state index in [1.807, 2.05) is 19.9 Å². The first-order valence-electron chi connectivity index (χ1n) is 11.3. The van der Waals surface area contributed by atoms with E-state index in [2.05, 4.69) is 37.5 Å². The van der Waals surface area contributed by atoms with Crippen molar-refractivity contribution in [3.05, 3.63) is 52.1 Å². The van der Waals surface area contributed by atoms with E-state index in [0.29, 0.717) is 22.9 Å². The number of rotatable bonds is 10. The molecule has 1 aliphatic heterocycles. The summed E-state index contributed by atoms with van der Waals surface area (Å²) in [5, 5.41) is 12.2. The summed E-state index contributed by atoms with van der Waals surface area (Å²) in [5.74, 6) is 0.270. The van der Waals surface area contributed by atoms with Gasteiger partial charge in [0.1, 0.15) is 23.9 Å². The summed E-state index contributed by atoms with van der Waals surface area (Å²) < 4.78 is 11.1. The molecule has 0 aromatic carbocycles. The Balaban J connectivity index is 1.65. The smallest absolute Gasteiger partial charge is 0.273 e. The number of nitrogens with zero attached hydrogens (tertiary/aromatic N) is 4. The van der Waals surface area contributed by atoms with Crippen molar-refractivity contribution in [1.82, 2.24) is 25.5 Å². The van der Waals surface area contributed by atoms with E-state index in [0.717, 1.165) is 37.2 Å². The van der Waals surface area contributed by atoms with Gasteiger partial charge < -0.3 is 14.5 Å². The number of hydrazone groups is 1. The van der Waals surface area contributed by atoms with Crippen LogP contribution in [0.1, 0.15) is 60.8 Å². The number of aromatic nitrogens is 3. The predicted molar refractivity (Wildman–Crippen MR) is 126 cm³/mol. The topological polar surface area (TPSA) is 105 Å². The number of methoxy groups -OCH3 is 2. The summed E-state index contributed by atoms with van der Waals surface area (Å²) in [7, 11) is 3.43. The number of carbonyl (C=O) groups is 1. The zero-order chi connectivity index (χ0) is 23.5. The number of ether oxygens (including phenoxy) is 2. The maximum absolute atomic E-state index is 12.6. The van der Waals surface area contributed by atoms with Crippen molar-refractivity contribution in [2.24, 2.45) is 5.10 Å². The summed E-state index contributed by atoms with van der Waals surface area (Å²) in [6, 6.07) is 3.58. The van der Waals surface area contributed by atoms with Gasteiger partial charge in [-0.15, -0.1) is 5.10 Å². The lowest BCUT2D eigenvalue weighted by atomic mass is 9.98. The molecule has 1 amide bonds. The number of aryl methyl sites for hydroxylation is 1. The van der Waals surface area contributed by atoms with Gasteiger partial charge >= 0.3 is 0 Å². The molecule has 4 rings (SSSR count). The van der Waals surface area contributed by atoms with Crippen LogP contribution in [0, 0.1) is 6.92 Å². The number of hydrogen-bond donors (Lipinski definition) is 2. The van der Waals surface area contributed by atoms with E-state index in [-0.39, 0.29) is 18.4 Å². The van der Waals surface area contributed by atoms with E-state index in [4.69, 9.17) is 9.47 Å². The first kappa shape index (κ1) is 23.3. The molecule has 1 aliphatic carbocycles. The molecule has 2 atom stereocenters. The average molecular weight is 453 g/mol. The molecule has 0 radical (unpaired) electrons. The Morgan fingerprint density at radius 3 is 2.58 bits per heavy atom. The lowest BCUT2D eigenvalue weighted by Crippen LogP contribution is -2.43. The highest BCUT2D eigenvalue weighted by atomic mass is 16.5. The van der Waals surface area contributed by atoms with Crippen LogP contribution < -0.4 is 5.43 Å². The van der Waals surface area contributed by atoms with Gasteiger partial charge in [-0.05, 0) is 75.3 Å². The summed E-state index contributed by atoms with van der Waals surface area (Å²) in [6.07, 6.45) is 6.57. The van der Waals surface area contributed by atoms with Crippen LogP contribution in [-0.4, -0.2) is 64.9 Å². The molecular formula is C24H32N6O3. The monoisotopic (exact) mass is 452 g/mol. The van der Waals surface area contributed by atoms with Crippen molar-refractivity contribution in [2.45, 2.75) is 58.4 Å². The molecule has 33 heavy (non-hydrogen) atoms. The largest absolute Gasteiger partial charge is 0.367 e. The second-order valence-electron chi connectivity index (χ2n) is 8.56. The minimum absolute atomic E-state index is 0.0573. The van der Waals surface area contributed by atoms with Gasteiger partial charge in [0.25, 0.3) is 5.91 Å². The molecule has 0 bridgehead atoms. The fourth-order valence-electron chi connectivity index (χ4n) is 4.39. The van der Waals surface area contributed by atoms with Crippen LogP contribution in [0.5, 0.6) is 0 Å². The van der Waals surface area contributed by atoms with Gasteiger partial charge in [0.15, 0.2) is 0 Å². The molecule has 1 saturated carbocycles. The highest BCUT2D eigenvalue weighted by Gasteiger charge is 2.33. The Kier molecular flexibility index (Phi) is 7.02. The quantitative estimate of drug-likeness (QED) is 0.424. The number of aromatic amines is 1. The van der Waals surface area contributed by atoms with Crippen LogP contribution in [0.15, 0.2) is 29.0 Å². The summed E-state index contributed by atoms with van der Waals surface area (Å²) in [6.45, 7) is 6.96. The molecule has 3 heterocycles. The van der Waals surface area contributed by atoms with Gasteiger partial charge in [-0.1, -0.05) is 0 Å². The van der Waals surface area contributed by atoms with E-state index < -0.39 is 0 Å². The zero-order valence-corrected chi connectivity index (χ0v) is 19.9. The van der Waals surface area contributed by atoms with E-state index >= 15 is 0 Å². The standard InChI is InChI=1S/C24H32N6O3/c1-14-18(10-12-30(15(2)32-4)16(3)33-5)22(17-8-9-17)21(26-14)13-19-23(28-29-24(19)31)20-7-6-11-25-27-20/h6-7,11,13,15-17,26H,8-10,12H2,1-5H3,(H,29,31). The van der Waals surface area contributed by atoms with Gasteiger partial charge in [0, 0.05) is 38.3 Å². The van der Waals surface area contributed by atoms with Crippen LogP contribution in [-0.2, 0) is 20.7 Å². The van der Waals surface area contributed by atoms with Crippen LogP contribution in [0.3, 0.4) is 0 Å². The second kappa shape index (κ2) is 9.94. The van der Waals surface area contributed by atoms with Gasteiger partial charge in [0.05, 0.1) is 5.57 Å². The third-order valence-electron chi connectivity index (χ3n) is 6.48. The van der Waals surface area contributed by atoms with Crippen molar-refractivity contribution in [3.63, 3.8) is 0 Å². The Morgan fingerprint density at radius 2 is 1.97 bits per heavy atom. The van der Waals surface area contributed by atoms with Crippen molar-refractivity contribution in [3.8, 4) is 0 Å². The van der Waals surface area contributed by atoms with E-state index in [1.54, 1.807) is 32.5 Å². The first-order chi connectivity index (χ1) is 15.9. The van der Waals surface area contributed by atoms with Crippen molar-refractivity contribution >= 4 is 17.7 Å². The maximum atomic E-state index is 12.6. The third-order valence-corrected chi connectivity index (χ3v) is 6.48. The van der Waals surface area contributed by atoms with Crippen LogP contribution in [0.2, 0.25) is 0 Å². The first-order valence-corrected chi connectivity index (χ1v) is 11.3. The van der Waals surface area contributed by atoms with Gasteiger partial charge in [-0.25, -0.2) is 5.43 Å². The van der Waals surface area contributed by atoms with Crippen LogP contribution in [0.25, 0.3) is 6.08 Å². The highest BCUT2D eigenvalue weighted by molar-refractivity contribution is 6.32. The normalized spacial score (nSPS) is 19.2. The Morgan fingerprint density at radius 1 is 1.24 bits per heavy atom. The molecule has 2 unspecified atom stereocenters. The minimum Gasteiger partial charge on any atom is -0.367 e. The molecule has 176 valence electrons. The van der Waals surface area contributed by atoms with Crippen molar-refractivity contribution < 1.29 is 14.3 Å². The van der Waals surface area contributed by atoms with Crippen LogP contribution >= 0.6 is 0 Å². The zero-order valence-electron chi connectivity index (χ0n) is 19.9. The average Bonchev–Trinajstić information content (AvgIpc) is 3.54. The number of H-pyrrole nitrogens is 1. The fraction of sp³-hybridized carbons (Fsp3) is 0.500. The number of amides is 1. The molecule has 2 aliphatic rings. The lowest BCUT2D eigenvalue weighted by Gasteiger charge is -2.32. The van der Waals surface area contributed by atoms with E-state index in [9.17, 15) is 4.79 Å². The highest BCUT2D eigenvalue weighted by Crippen LogP contribution is 2.45. The Labute approximate surface area is 194 Å². The molecule has 1 fully saturated rings. The summed E-state index contributed by atoms with van der Waals surface area (Å²) >= 11 is 0.